The van der Waals surface area contributed by atoms with Gasteiger partial charge >= 0.3 is 0 Å². The van der Waals surface area contributed by atoms with Gasteiger partial charge in [0, 0.05) is 19.6 Å². The average Bonchev–Trinajstić information content (AvgIpc) is 2.72. The fourth-order valence-electron chi connectivity index (χ4n) is 3.55. The van der Waals surface area contributed by atoms with Crippen molar-refractivity contribution < 1.29 is 17.9 Å². The molecule has 0 bridgehead atoms. The Morgan fingerprint density at radius 1 is 1.24 bits per heavy atom. The van der Waals surface area contributed by atoms with Gasteiger partial charge in [0.1, 0.15) is 10.6 Å². The van der Waals surface area contributed by atoms with Crippen molar-refractivity contribution in [1.82, 2.24) is 9.62 Å². The molecule has 1 heterocycles. The van der Waals surface area contributed by atoms with Crippen molar-refractivity contribution in [3.63, 3.8) is 0 Å². The molecule has 0 spiro atoms. The Kier molecular flexibility index (Phi) is 6.51. The third-order valence-corrected chi connectivity index (χ3v) is 7.60. The zero-order valence-corrected chi connectivity index (χ0v) is 18.1. The molecule has 0 saturated carbocycles. The number of ether oxygens (including phenoxy) is 1. The number of nitrogens with zero attached hydrogens (tertiary/aromatic N) is 1. The molecule has 0 unspecified atom stereocenters. The molecule has 156 valence electrons. The van der Waals surface area contributed by atoms with E-state index in [2.05, 4.69) is 5.32 Å². The van der Waals surface area contributed by atoms with E-state index in [0.29, 0.717) is 25.9 Å². The minimum absolute atomic E-state index is 0.0719. The van der Waals surface area contributed by atoms with E-state index in [1.54, 1.807) is 25.3 Å². The van der Waals surface area contributed by atoms with Crippen LogP contribution in [-0.4, -0.2) is 38.8 Å². The Morgan fingerprint density at radius 3 is 2.72 bits per heavy atom. The topological polar surface area (TPSA) is 75.7 Å². The lowest BCUT2D eigenvalue weighted by Crippen LogP contribution is -2.51. The van der Waals surface area contributed by atoms with E-state index in [0.717, 1.165) is 11.3 Å². The van der Waals surface area contributed by atoms with Crippen molar-refractivity contribution >= 4 is 27.5 Å². The Bertz CT molecular complexity index is 996. The van der Waals surface area contributed by atoms with Crippen LogP contribution in [0.15, 0.2) is 53.4 Å². The first-order valence-electron chi connectivity index (χ1n) is 9.42. The summed E-state index contributed by atoms with van der Waals surface area (Å²) in [5.41, 5.74) is 0.100. The van der Waals surface area contributed by atoms with Crippen molar-refractivity contribution in [3.8, 4) is 5.75 Å². The lowest BCUT2D eigenvalue weighted by Gasteiger charge is -2.38. The summed E-state index contributed by atoms with van der Waals surface area (Å²) in [6, 6.07) is 13.8. The van der Waals surface area contributed by atoms with E-state index < -0.39 is 15.4 Å². The lowest BCUT2D eigenvalue weighted by molar-refractivity contribution is -0.132. The minimum Gasteiger partial charge on any atom is -0.497 e. The van der Waals surface area contributed by atoms with Gasteiger partial charge in [-0.3, -0.25) is 4.79 Å². The number of benzene rings is 2. The van der Waals surface area contributed by atoms with E-state index in [-0.39, 0.29) is 22.4 Å². The SMILES string of the molecule is COc1cccc(CNC(=O)[C@]2(C)CCCN(S(=O)(=O)c3ccccc3Cl)C2)c1. The first-order chi connectivity index (χ1) is 13.8. The fraction of sp³-hybridized carbons (Fsp3) is 0.381. The summed E-state index contributed by atoms with van der Waals surface area (Å²) in [6.45, 7) is 2.64. The smallest absolute Gasteiger partial charge is 0.244 e. The maximum Gasteiger partial charge on any atom is 0.244 e. The molecular formula is C21H25ClN2O4S. The van der Waals surface area contributed by atoms with E-state index in [1.165, 1.54) is 10.4 Å². The number of hydrogen-bond acceptors (Lipinski definition) is 4. The van der Waals surface area contributed by atoms with Crippen LogP contribution in [0, 0.1) is 5.41 Å². The first kappa shape index (κ1) is 21.6. The number of methoxy groups -OCH3 is 1. The molecule has 0 aliphatic carbocycles. The first-order valence-corrected chi connectivity index (χ1v) is 11.2. The van der Waals surface area contributed by atoms with Gasteiger partial charge in [0.2, 0.25) is 15.9 Å². The maximum absolute atomic E-state index is 13.1. The zero-order valence-electron chi connectivity index (χ0n) is 16.5. The van der Waals surface area contributed by atoms with Crippen LogP contribution in [0.5, 0.6) is 5.75 Å². The van der Waals surface area contributed by atoms with E-state index >= 15 is 0 Å². The van der Waals surface area contributed by atoms with Crippen molar-refractivity contribution in [2.24, 2.45) is 5.41 Å². The molecule has 0 radical (unpaired) electrons. The van der Waals surface area contributed by atoms with Crippen LogP contribution in [0.25, 0.3) is 0 Å². The normalized spacial score (nSPS) is 20.2. The molecule has 1 N–H and O–H groups in total. The molecule has 2 aromatic carbocycles. The van der Waals surface area contributed by atoms with Crippen LogP contribution < -0.4 is 10.1 Å². The van der Waals surface area contributed by atoms with Crippen molar-refractivity contribution in [2.75, 3.05) is 20.2 Å². The lowest BCUT2D eigenvalue weighted by atomic mass is 9.82. The number of halogens is 1. The summed E-state index contributed by atoms with van der Waals surface area (Å²) in [5.74, 6) is 0.553. The molecule has 6 nitrogen and oxygen atoms in total. The predicted octanol–water partition coefficient (Wildman–Crippen LogP) is 3.46. The highest BCUT2D eigenvalue weighted by Gasteiger charge is 2.42. The van der Waals surface area contributed by atoms with Gasteiger partial charge < -0.3 is 10.1 Å². The van der Waals surface area contributed by atoms with Gasteiger partial charge in [0.15, 0.2) is 0 Å². The molecule has 8 heteroatoms. The maximum atomic E-state index is 13.1. The number of rotatable bonds is 6. The van der Waals surface area contributed by atoms with E-state index in [1.807, 2.05) is 31.2 Å². The number of nitrogens with one attached hydrogen (secondary N) is 1. The molecular weight excluding hydrogens is 412 g/mol. The molecule has 0 aromatic heterocycles. The molecule has 1 fully saturated rings. The number of amides is 1. The molecule has 1 aliphatic heterocycles. The molecule has 2 aromatic rings. The second-order valence-electron chi connectivity index (χ2n) is 7.47. The third-order valence-electron chi connectivity index (χ3n) is 5.25. The van der Waals surface area contributed by atoms with Crippen LogP contribution in [-0.2, 0) is 21.4 Å². The quantitative estimate of drug-likeness (QED) is 0.752. The zero-order chi connectivity index (χ0) is 21.1. The Hall–Kier alpha value is -2.09. The summed E-state index contributed by atoms with van der Waals surface area (Å²) in [4.78, 5) is 13.0. The van der Waals surface area contributed by atoms with E-state index in [9.17, 15) is 13.2 Å². The van der Waals surface area contributed by atoms with Gasteiger partial charge in [-0.2, -0.15) is 4.31 Å². The molecule has 1 saturated heterocycles. The summed E-state index contributed by atoms with van der Waals surface area (Å²) in [6.07, 6.45) is 1.22. The number of carbonyl (C=O) groups excluding carboxylic acids is 1. The van der Waals surface area contributed by atoms with Gasteiger partial charge in [0.25, 0.3) is 0 Å². The summed E-state index contributed by atoms with van der Waals surface area (Å²) in [5, 5.41) is 3.12. The fourth-order valence-corrected chi connectivity index (χ4v) is 5.65. The second kappa shape index (κ2) is 8.73. The highest BCUT2D eigenvalue weighted by atomic mass is 35.5. The molecule has 29 heavy (non-hydrogen) atoms. The van der Waals surface area contributed by atoms with Crippen molar-refractivity contribution in [3.05, 3.63) is 59.1 Å². The summed E-state index contributed by atoms with van der Waals surface area (Å²) < 4.78 is 32.7. The number of piperidine rings is 1. The van der Waals surface area contributed by atoms with Gasteiger partial charge in [0.05, 0.1) is 17.5 Å². The van der Waals surface area contributed by atoms with Crippen LogP contribution in [0.3, 0.4) is 0 Å². The molecule has 1 aliphatic rings. The predicted molar refractivity (Wildman–Crippen MR) is 112 cm³/mol. The minimum atomic E-state index is -3.77. The largest absolute Gasteiger partial charge is 0.497 e. The van der Waals surface area contributed by atoms with E-state index in [4.69, 9.17) is 16.3 Å². The Labute approximate surface area is 176 Å². The Balaban J connectivity index is 1.72. The van der Waals surface area contributed by atoms with Crippen LogP contribution >= 0.6 is 11.6 Å². The number of hydrogen-bond donors (Lipinski definition) is 1. The molecule has 1 atom stereocenters. The Morgan fingerprint density at radius 2 is 2.00 bits per heavy atom. The van der Waals surface area contributed by atoms with Crippen LogP contribution in [0.2, 0.25) is 5.02 Å². The monoisotopic (exact) mass is 436 g/mol. The second-order valence-corrected chi connectivity index (χ2v) is 9.78. The van der Waals surface area contributed by atoms with Crippen LogP contribution in [0.1, 0.15) is 25.3 Å². The van der Waals surface area contributed by atoms with Gasteiger partial charge in [-0.15, -0.1) is 0 Å². The summed E-state index contributed by atoms with van der Waals surface area (Å²) in [7, 11) is -2.18. The number of sulfonamides is 1. The van der Waals surface area contributed by atoms with Gasteiger partial charge in [-0.1, -0.05) is 35.9 Å². The van der Waals surface area contributed by atoms with Gasteiger partial charge in [-0.25, -0.2) is 8.42 Å². The highest BCUT2D eigenvalue weighted by Crippen LogP contribution is 2.34. The standard InChI is InChI=1S/C21H25ClN2O4S/c1-21(20(25)23-14-16-7-5-8-17(13-16)28-2)11-6-12-24(15-21)29(26,27)19-10-4-3-9-18(19)22/h3-5,7-10,13H,6,11-12,14-15H2,1-2H3,(H,23,25)/t21-/m1/s1. The third kappa shape index (κ3) is 4.74. The molecule has 3 rings (SSSR count). The average molecular weight is 437 g/mol. The highest BCUT2D eigenvalue weighted by molar-refractivity contribution is 7.89. The van der Waals surface area contributed by atoms with Gasteiger partial charge in [-0.05, 0) is 49.6 Å². The van der Waals surface area contributed by atoms with Crippen LogP contribution in [0.4, 0.5) is 0 Å². The number of carbonyl (C=O) groups is 1. The van der Waals surface area contributed by atoms with Crippen molar-refractivity contribution in [2.45, 2.75) is 31.2 Å². The molecule has 1 amide bonds. The summed E-state index contributed by atoms with van der Waals surface area (Å²) >= 11 is 6.11. The van der Waals surface area contributed by atoms with Crippen molar-refractivity contribution in [1.29, 1.82) is 0 Å².